The molecule has 1 heterocycles. The molecule has 0 bridgehead atoms. The zero-order valence-corrected chi connectivity index (χ0v) is 19.4. The molecule has 2 aromatic carbocycles. The average molecular weight is 445 g/mol. The number of rotatable bonds is 10. The van der Waals surface area contributed by atoms with Crippen LogP contribution in [-0.4, -0.2) is 44.8 Å². The molecular weight excluding hydrogens is 411 g/mol. The Morgan fingerprint density at radius 3 is 2.47 bits per heavy atom. The number of hydrogen-bond donors (Lipinski definition) is 0. The number of anilines is 1. The third kappa shape index (κ3) is 5.64. The highest BCUT2D eigenvalue weighted by Gasteiger charge is 2.32. The van der Waals surface area contributed by atoms with Gasteiger partial charge in [0.15, 0.2) is 11.5 Å². The van der Waals surface area contributed by atoms with Crippen LogP contribution in [0.4, 0.5) is 14.9 Å². The molecule has 2 amide bonds. The summed E-state index contributed by atoms with van der Waals surface area (Å²) in [6.07, 6.45) is 3.18. The molecule has 0 aliphatic carbocycles. The topological polar surface area (TPSA) is 51.2 Å². The summed E-state index contributed by atoms with van der Waals surface area (Å²) in [7, 11) is 3.15. The molecule has 7 heteroatoms. The van der Waals surface area contributed by atoms with Crippen molar-refractivity contribution in [2.75, 3.05) is 38.8 Å². The van der Waals surface area contributed by atoms with Gasteiger partial charge in [-0.05, 0) is 42.7 Å². The SMILES string of the molecule is CCCCCOc1cc(N2CC(C)CN(Cc3cc(F)ccc3OC)C2=O)ccc1OC. The van der Waals surface area contributed by atoms with Crippen molar-refractivity contribution in [3.05, 3.63) is 47.8 Å². The highest BCUT2D eigenvalue weighted by molar-refractivity contribution is 5.93. The van der Waals surface area contributed by atoms with E-state index in [0.29, 0.717) is 42.5 Å². The fourth-order valence-electron chi connectivity index (χ4n) is 3.98. The van der Waals surface area contributed by atoms with E-state index in [1.54, 1.807) is 30.1 Å². The van der Waals surface area contributed by atoms with Crippen molar-refractivity contribution >= 4 is 11.7 Å². The Kier molecular flexibility index (Phi) is 8.20. The number of carbonyl (C=O) groups excluding carboxylic acids is 1. The maximum atomic E-state index is 13.8. The van der Waals surface area contributed by atoms with Crippen molar-refractivity contribution in [1.29, 1.82) is 0 Å². The van der Waals surface area contributed by atoms with E-state index in [4.69, 9.17) is 14.2 Å². The smallest absolute Gasteiger partial charge is 0.324 e. The summed E-state index contributed by atoms with van der Waals surface area (Å²) in [6.45, 7) is 6.31. The number of nitrogens with zero attached hydrogens (tertiary/aromatic N) is 2. The lowest BCUT2D eigenvalue weighted by Crippen LogP contribution is -2.52. The van der Waals surface area contributed by atoms with Gasteiger partial charge >= 0.3 is 6.03 Å². The Balaban J connectivity index is 1.82. The maximum Gasteiger partial charge on any atom is 0.324 e. The molecule has 32 heavy (non-hydrogen) atoms. The first-order chi connectivity index (χ1) is 15.5. The molecule has 1 fully saturated rings. The summed E-state index contributed by atoms with van der Waals surface area (Å²) >= 11 is 0. The van der Waals surface area contributed by atoms with E-state index in [-0.39, 0.29) is 24.3 Å². The standard InChI is InChI=1S/C25H33FN2O4/c1-5-6-7-12-32-24-14-21(9-11-23(24)31-4)28-16-18(2)15-27(25(28)29)17-19-13-20(26)8-10-22(19)30-3/h8-11,13-14,18H,5-7,12,15-17H2,1-4H3. The molecule has 1 aliphatic heterocycles. The number of methoxy groups -OCH3 is 2. The Labute approximate surface area is 189 Å². The Morgan fingerprint density at radius 2 is 1.75 bits per heavy atom. The normalized spacial score (nSPS) is 16.3. The quantitative estimate of drug-likeness (QED) is 0.455. The first-order valence-electron chi connectivity index (χ1n) is 11.2. The molecular formula is C25H33FN2O4. The van der Waals surface area contributed by atoms with Crippen LogP contribution in [0.5, 0.6) is 17.2 Å². The van der Waals surface area contributed by atoms with Gasteiger partial charge in [0, 0.05) is 30.4 Å². The summed E-state index contributed by atoms with van der Waals surface area (Å²) in [5, 5.41) is 0. The number of halogens is 1. The van der Waals surface area contributed by atoms with Gasteiger partial charge in [0.2, 0.25) is 0 Å². The molecule has 0 N–H and O–H groups in total. The average Bonchev–Trinajstić information content (AvgIpc) is 2.79. The van der Waals surface area contributed by atoms with Gasteiger partial charge in [0.05, 0.1) is 27.4 Å². The van der Waals surface area contributed by atoms with Crippen LogP contribution in [0.3, 0.4) is 0 Å². The molecule has 0 spiro atoms. The lowest BCUT2D eigenvalue weighted by atomic mass is 10.1. The minimum Gasteiger partial charge on any atom is -0.496 e. The predicted molar refractivity (Wildman–Crippen MR) is 123 cm³/mol. The van der Waals surface area contributed by atoms with Crippen LogP contribution in [0.2, 0.25) is 0 Å². The molecule has 3 rings (SSSR count). The van der Waals surface area contributed by atoms with Gasteiger partial charge in [0.25, 0.3) is 0 Å². The number of unbranched alkanes of at least 4 members (excludes halogenated alkanes) is 2. The van der Waals surface area contributed by atoms with Crippen LogP contribution in [0, 0.1) is 11.7 Å². The van der Waals surface area contributed by atoms with E-state index in [1.165, 1.54) is 12.1 Å². The largest absolute Gasteiger partial charge is 0.496 e. The first kappa shape index (κ1) is 23.7. The molecule has 1 atom stereocenters. The number of benzene rings is 2. The van der Waals surface area contributed by atoms with Crippen molar-refractivity contribution in [1.82, 2.24) is 4.90 Å². The number of urea groups is 1. The third-order valence-electron chi connectivity index (χ3n) is 5.60. The molecule has 0 radical (unpaired) electrons. The van der Waals surface area contributed by atoms with Crippen molar-refractivity contribution in [2.45, 2.75) is 39.7 Å². The second kappa shape index (κ2) is 11.1. The van der Waals surface area contributed by atoms with Gasteiger partial charge in [-0.2, -0.15) is 0 Å². The molecule has 6 nitrogen and oxygen atoms in total. The van der Waals surface area contributed by atoms with Crippen LogP contribution < -0.4 is 19.1 Å². The van der Waals surface area contributed by atoms with E-state index in [9.17, 15) is 9.18 Å². The van der Waals surface area contributed by atoms with Crippen molar-refractivity contribution in [3.8, 4) is 17.2 Å². The summed E-state index contributed by atoms with van der Waals surface area (Å²) in [5.41, 5.74) is 1.40. The van der Waals surface area contributed by atoms with Crippen molar-refractivity contribution < 1.29 is 23.4 Å². The number of hydrogen-bond acceptors (Lipinski definition) is 4. The molecule has 1 saturated heterocycles. The minimum absolute atomic E-state index is 0.128. The van der Waals surface area contributed by atoms with Gasteiger partial charge in [-0.15, -0.1) is 0 Å². The number of carbonyl (C=O) groups is 1. The summed E-state index contributed by atoms with van der Waals surface area (Å²) in [6, 6.07) is 9.80. The monoisotopic (exact) mass is 444 g/mol. The summed E-state index contributed by atoms with van der Waals surface area (Å²) in [4.78, 5) is 16.9. The fraction of sp³-hybridized carbons (Fsp3) is 0.480. The molecule has 174 valence electrons. The van der Waals surface area contributed by atoms with E-state index >= 15 is 0 Å². The van der Waals surface area contributed by atoms with E-state index in [0.717, 1.165) is 24.9 Å². The summed E-state index contributed by atoms with van der Waals surface area (Å²) in [5.74, 6) is 1.73. The van der Waals surface area contributed by atoms with Gasteiger partial charge in [-0.25, -0.2) is 9.18 Å². The molecule has 2 aromatic rings. The van der Waals surface area contributed by atoms with Crippen molar-refractivity contribution in [3.63, 3.8) is 0 Å². The lowest BCUT2D eigenvalue weighted by molar-refractivity contribution is 0.177. The third-order valence-corrected chi connectivity index (χ3v) is 5.60. The second-order valence-corrected chi connectivity index (χ2v) is 8.23. The zero-order valence-electron chi connectivity index (χ0n) is 19.4. The first-order valence-corrected chi connectivity index (χ1v) is 11.2. The summed E-state index contributed by atoms with van der Waals surface area (Å²) < 4.78 is 30.6. The van der Waals surface area contributed by atoms with Crippen LogP contribution in [-0.2, 0) is 6.54 Å². The molecule has 0 saturated carbocycles. The fourth-order valence-corrected chi connectivity index (χ4v) is 3.98. The van der Waals surface area contributed by atoms with Gasteiger partial charge in [-0.3, -0.25) is 4.90 Å². The maximum absolute atomic E-state index is 13.8. The van der Waals surface area contributed by atoms with Crippen LogP contribution in [0.25, 0.3) is 0 Å². The molecule has 1 unspecified atom stereocenters. The van der Waals surface area contributed by atoms with Gasteiger partial charge in [0.1, 0.15) is 11.6 Å². The lowest BCUT2D eigenvalue weighted by Gasteiger charge is -2.39. The number of amides is 2. The highest BCUT2D eigenvalue weighted by atomic mass is 19.1. The second-order valence-electron chi connectivity index (χ2n) is 8.23. The van der Waals surface area contributed by atoms with E-state index in [1.807, 2.05) is 18.2 Å². The Bertz CT molecular complexity index is 921. The van der Waals surface area contributed by atoms with Crippen LogP contribution >= 0.6 is 0 Å². The Morgan fingerprint density at radius 1 is 1.00 bits per heavy atom. The molecule has 1 aliphatic rings. The van der Waals surface area contributed by atoms with E-state index in [2.05, 4.69) is 13.8 Å². The Hall–Kier alpha value is -2.96. The minimum atomic E-state index is -0.352. The highest BCUT2D eigenvalue weighted by Crippen LogP contribution is 2.34. The predicted octanol–water partition coefficient (Wildman–Crippen LogP) is 5.49. The van der Waals surface area contributed by atoms with Crippen LogP contribution in [0.1, 0.15) is 38.7 Å². The molecule has 0 aromatic heterocycles. The number of ether oxygens (including phenoxy) is 3. The van der Waals surface area contributed by atoms with Gasteiger partial charge < -0.3 is 19.1 Å². The van der Waals surface area contributed by atoms with Crippen LogP contribution in [0.15, 0.2) is 36.4 Å². The van der Waals surface area contributed by atoms with E-state index < -0.39 is 0 Å². The zero-order chi connectivity index (χ0) is 23.1. The van der Waals surface area contributed by atoms with Gasteiger partial charge in [-0.1, -0.05) is 26.7 Å². The van der Waals surface area contributed by atoms with Crippen molar-refractivity contribution in [2.24, 2.45) is 5.92 Å².